The lowest BCUT2D eigenvalue weighted by Gasteiger charge is -2.34. The van der Waals surface area contributed by atoms with Gasteiger partial charge in [-0.1, -0.05) is 72.8 Å². The van der Waals surface area contributed by atoms with Gasteiger partial charge in [0, 0.05) is 0 Å². The van der Waals surface area contributed by atoms with Crippen LogP contribution >= 0.6 is 0 Å². The van der Waals surface area contributed by atoms with E-state index in [-0.39, 0.29) is 24.7 Å². The van der Waals surface area contributed by atoms with Crippen molar-refractivity contribution in [2.45, 2.75) is 31.6 Å². The maximum Gasteiger partial charge on any atom is 0.258 e. The van der Waals surface area contributed by atoms with Gasteiger partial charge in [-0.05, 0) is 41.7 Å². The van der Waals surface area contributed by atoms with Gasteiger partial charge in [0.05, 0.1) is 18.8 Å². The van der Waals surface area contributed by atoms with Gasteiger partial charge in [-0.15, -0.1) is 0 Å². The number of para-hydroxylation sites is 1. The quantitative estimate of drug-likeness (QED) is 0.651. The van der Waals surface area contributed by atoms with E-state index in [1.54, 1.807) is 0 Å². The number of hydrogen-bond donors (Lipinski definition) is 1. The molecular weight excluding hydrogens is 362 g/mol. The molecule has 0 radical (unpaired) electrons. The van der Waals surface area contributed by atoms with E-state index in [4.69, 9.17) is 9.47 Å². The second-order valence-corrected chi connectivity index (χ2v) is 7.22. The fourth-order valence-electron chi connectivity index (χ4n) is 3.74. The predicted molar refractivity (Wildman–Crippen MR) is 113 cm³/mol. The fraction of sp³-hybridized carbons (Fsp3) is 0.240. The molecule has 4 nitrogen and oxygen atoms in total. The molecular formula is C25H25NO3. The Kier molecular flexibility index (Phi) is 6.22. The lowest BCUT2D eigenvalue weighted by molar-refractivity contribution is -0.125. The maximum atomic E-state index is 12.6. The molecule has 29 heavy (non-hydrogen) atoms. The number of rotatable bonds is 7. The van der Waals surface area contributed by atoms with Crippen molar-refractivity contribution in [2.75, 3.05) is 6.61 Å². The van der Waals surface area contributed by atoms with Gasteiger partial charge in [0.25, 0.3) is 5.91 Å². The number of ether oxygens (including phenoxy) is 2. The first-order valence-corrected chi connectivity index (χ1v) is 10.00. The van der Waals surface area contributed by atoms with Crippen LogP contribution < -0.4 is 10.1 Å². The van der Waals surface area contributed by atoms with Crippen LogP contribution in [0.2, 0.25) is 0 Å². The number of carbonyl (C=O) groups excluding carboxylic acids is 1. The first-order valence-electron chi connectivity index (χ1n) is 10.00. The highest BCUT2D eigenvalue weighted by Crippen LogP contribution is 2.32. The van der Waals surface area contributed by atoms with E-state index >= 15 is 0 Å². The highest BCUT2D eigenvalue weighted by atomic mass is 16.5. The van der Waals surface area contributed by atoms with Crippen molar-refractivity contribution in [1.82, 2.24) is 5.32 Å². The van der Waals surface area contributed by atoms with Gasteiger partial charge < -0.3 is 14.8 Å². The zero-order valence-electron chi connectivity index (χ0n) is 16.3. The zero-order chi connectivity index (χ0) is 19.9. The Balaban J connectivity index is 1.44. The summed E-state index contributed by atoms with van der Waals surface area (Å²) in [5, 5.41) is 3.14. The van der Waals surface area contributed by atoms with Crippen LogP contribution in [-0.4, -0.2) is 18.6 Å². The van der Waals surface area contributed by atoms with Crippen LogP contribution in [0.25, 0.3) is 0 Å². The summed E-state index contributed by atoms with van der Waals surface area (Å²) >= 11 is 0. The number of hydrogen-bond acceptors (Lipinski definition) is 3. The van der Waals surface area contributed by atoms with Crippen LogP contribution in [0, 0.1) is 0 Å². The van der Waals surface area contributed by atoms with Gasteiger partial charge in [-0.25, -0.2) is 0 Å². The number of amides is 1. The molecule has 0 fully saturated rings. The van der Waals surface area contributed by atoms with Crippen molar-refractivity contribution < 1.29 is 14.3 Å². The van der Waals surface area contributed by atoms with Gasteiger partial charge in [0.2, 0.25) is 0 Å². The summed E-state index contributed by atoms with van der Waals surface area (Å²) in [5.41, 5.74) is 3.52. The Morgan fingerprint density at radius 1 is 0.897 bits per heavy atom. The normalized spacial score (nSPS) is 17.9. The summed E-state index contributed by atoms with van der Waals surface area (Å²) in [6, 6.07) is 27.6. The predicted octanol–water partition coefficient (Wildman–Crippen LogP) is 4.45. The molecule has 0 saturated heterocycles. The second kappa shape index (κ2) is 9.39. The SMILES string of the molecule is O=C(COc1ccccc1)N[C@@H]1c2ccccc2CC[C@@H]1OCc1ccccc1. The Morgan fingerprint density at radius 3 is 2.38 bits per heavy atom. The zero-order valence-corrected chi connectivity index (χ0v) is 16.3. The topological polar surface area (TPSA) is 47.6 Å². The molecule has 148 valence electrons. The molecule has 2 atom stereocenters. The Morgan fingerprint density at radius 2 is 1.59 bits per heavy atom. The molecule has 3 aromatic rings. The van der Waals surface area contributed by atoms with Crippen molar-refractivity contribution in [3.63, 3.8) is 0 Å². The van der Waals surface area contributed by atoms with Gasteiger partial charge >= 0.3 is 0 Å². The van der Waals surface area contributed by atoms with E-state index in [0.29, 0.717) is 12.4 Å². The molecule has 1 aliphatic carbocycles. The highest BCUT2D eigenvalue weighted by Gasteiger charge is 2.31. The third-order valence-corrected chi connectivity index (χ3v) is 5.20. The van der Waals surface area contributed by atoms with Crippen LogP contribution in [0.1, 0.15) is 29.2 Å². The summed E-state index contributed by atoms with van der Waals surface area (Å²) in [7, 11) is 0. The summed E-state index contributed by atoms with van der Waals surface area (Å²) in [4.78, 5) is 12.6. The Bertz CT molecular complexity index is 927. The first kappa shape index (κ1) is 19.2. The number of fused-ring (bicyclic) bond motifs is 1. The summed E-state index contributed by atoms with van der Waals surface area (Å²) in [5.74, 6) is 0.535. The largest absolute Gasteiger partial charge is 0.484 e. The number of nitrogens with one attached hydrogen (secondary N) is 1. The summed E-state index contributed by atoms with van der Waals surface area (Å²) in [6.45, 7) is 0.509. The van der Waals surface area contributed by atoms with Crippen LogP contribution in [0.5, 0.6) is 5.75 Å². The van der Waals surface area contributed by atoms with E-state index < -0.39 is 0 Å². The van der Waals surface area contributed by atoms with Crippen molar-refractivity contribution in [3.05, 3.63) is 102 Å². The number of aryl methyl sites for hydroxylation is 1. The average molecular weight is 387 g/mol. The van der Waals surface area contributed by atoms with Crippen molar-refractivity contribution in [2.24, 2.45) is 0 Å². The molecule has 0 bridgehead atoms. The summed E-state index contributed by atoms with van der Waals surface area (Å²) < 4.78 is 11.9. The van der Waals surface area contributed by atoms with Gasteiger partial charge in [-0.2, -0.15) is 0 Å². The van der Waals surface area contributed by atoms with Gasteiger partial charge in [0.15, 0.2) is 6.61 Å². The van der Waals surface area contributed by atoms with E-state index in [1.807, 2.05) is 60.7 Å². The monoisotopic (exact) mass is 387 g/mol. The molecule has 4 heteroatoms. The Hall–Kier alpha value is -3.11. The van der Waals surface area contributed by atoms with Gasteiger partial charge in [-0.3, -0.25) is 4.79 Å². The third kappa shape index (κ3) is 5.04. The number of carbonyl (C=O) groups is 1. The molecule has 0 heterocycles. The van der Waals surface area contributed by atoms with Crippen molar-refractivity contribution >= 4 is 5.91 Å². The first-order chi connectivity index (χ1) is 14.3. The molecule has 0 unspecified atom stereocenters. The molecule has 3 aromatic carbocycles. The van der Waals surface area contributed by atoms with E-state index in [0.717, 1.165) is 24.0 Å². The number of benzene rings is 3. The molecule has 0 saturated carbocycles. The minimum Gasteiger partial charge on any atom is -0.484 e. The standard InChI is InChI=1S/C25H25NO3/c27-24(18-28-21-12-5-2-6-13-21)26-25-22-14-8-7-11-20(22)15-16-23(25)29-17-19-9-3-1-4-10-19/h1-14,23,25H,15-18H2,(H,26,27)/t23-,25+/m0/s1. The minimum atomic E-state index is -0.185. The minimum absolute atomic E-state index is 0.0198. The fourth-order valence-corrected chi connectivity index (χ4v) is 3.74. The Labute approximate surface area is 171 Å². The maximum absolute atomic E-state index is 12.6. The van der Waals surface area contributed by atoms with E-state index in [9.17, 15) is 4.79 Å². The van der Waals surface area contributed by atoms with Crippen LogP contribution in [-0.2, 0) is 22.6 Å². The lowest BCUT2D eigenvalue weighted by Crippen LogP contribution is -2.42. The van der Waals surface area contributed by atoms with E-state index in [2.05, 4.69) is 29.6 Å². The third-order valence-electron chi connectivity index (χ3n) is 5.20. The van der Waals surface area contributed by atoms with Crippen LogP contribution in [0.3, 0.4) is 0 Å². The molecule has 0 aliphatic heterocycles. The highest BCUT2D eigenvalue weighted by molar-refractivity contribution is 5.78. The van der Waals surface area contributed by atoms with Crippen LogP contribution in [0.15, 0.2) is 84.9 Å². The molecule has 1 amide bonds. The van der Waals surface area contributed by atoms with Crippen molar-refractivity contribution in [3.8, 4) is 5.75 Å². The molecule has 1 aliphatic rings. The average Bonchev–Trinajstić information content (AvgIpc) is 2.78. The van der Waals surface area contributed by atoms with Crippen molar-refractivity contribution in [1.29, 1.82) is 0 Å². The lowest BCUT2D eigenvalue weighted by atomic mass is 9.85. The molecule has 4 rings (SSSR count). The second-order valence-electron chi connectivity index (χ2n) is 7.22. The summed E-state index contributed by atoms with van der Waals surface area (Å²) in [6.07, 6.45) is 1.74. The van der Waals surface area contributed by atoms with Crippen LogP contribution in [0.4, 0.5) is 0 Å². The molecule has 0 spiro atoms. The van der Waals surface area contributed by atoms with E-state index in [1.165, 1.54) is 5.56 Å². The molecule has 1 N–H and O–H groups in total. The van der Waals surface area contributed by atoms with Gasteiger partial charge in [0.1, 0.15) is 5.75 Å². The smallest absolute Gasteiger partial charge is 0.258 e. The molecule has 0 aromatic heterocycles.